The van der Waals surface area contributed by atoms with Gasteiger partial charge in [-0.05, 0) is 24.0 Å². The monoisotopic (exact) mass is 286 g/mol. The first-order valence-electron chi connectivity index (χ1n) is 7.86. The van der Waals surface area contributed by atoms with Crippen LogP contribution in [0.2, 0.25) is 0 Å². The molecule has 4 nitrogen and oxygen atoms in total. The molecular formula is C17H22N2O2. The number of nitrogens with zero attached hydrogens (tertiary/aromatic N) is 1. The third-order valence-electron chi connectivity index (χ3n) is 4.46. The average Bonchev–Trinajstić information content (AvgIpc) is 2.48. The minimum atomic E-state index is -0.181. The molecule has 0 atom stereocenters. The van der Waals surface area contributed by atoms with E-state index >= 15 is 0 Å². The summed E-state index contributed by atoms with van der Waals surface area (Å²) in [5.41, 5.74) is 7.63. The van der Waals surface area contributed by atoms with E-state index in [2.05, 4.69) is 4.99 Å². The normalized spacial score (nSPS) is 19.0. The van der Waals surface area contributed by atoms with Crippen LogP contribution in [0.5, 0.6) is 5.75 Å². The van der Waals surface area contributed by atoms with Crippen LogP contribution in [0.1, 0.15) is 49.7 Å². The SMILES string of the molecule is NC1=NC(=O)Cc2cccc(OCCC3CCCCC3)c21. The lowest BCUT2D eigenvalue weighted by molar-refractivity contribution is -0.117. The lowest BCUT2D eigenvalue weighted by Crippen LogP contribution is -2.24. The van der Waals surface area contributed by atoms with E-state index in [1.54, 1.807) is 0 Å². The fourth-order valence-electron chi connectivity index (χ4n) is 3.34. The molecule has 1 aliphatic heterocycles. The largest absolute Gasteiger partial charge is 0.493 e. The predicted molar refractivity (Wildman–Crippen MR) is 82.6 cm³/mol. The Bertz CT molecular complexity index is 560. The second-order valence-electron chi connectivity index (χ2n) is 6.00. The zero-order chi connectivity index (χ0) is 14.7. The van der Waals surface area contributed by atoms with Gasteiger partial charge in [0.25, 0.3) is 5.91 Å². The van der Waals surface area contributed by atoms with Crippen LogP contribution in [0.3, 0.4) is 0 Å². The molecule has 1 aromatic rings. The van der Waals surface area contributed by atoms with Crippen LogP contribution in [0.25, 0.3) is 0 Å². The van der Waals surface area contributed by atoms with Crippen molar-refractivity contribution in [1.82, 2.24) is 0 Å². The summed E-state index contributed by atoms with van der Waals surface area (Å²) in [6, 6.07) is 5.75. The molecule has 2 aliphatic rings. The Balaban J connectivity index is 1.66. The second-order valence-corrected chi connectivity index (χ2v) is 6.00. The van der Waals surface area contributed by atoms with E-state index in [1.807, 2.05) is 18.2 Å². The molecule has 1 amide bonds. The Morgan fingerprint density at radius 1 is 1.24 bits per heavy atom. The third-order valence-corrected chi connectivity index (χ3v) is 4.46. The maximum atomic E-state index is 11.5. The molecule has 0 aromatic heterocycles. The van der Waals surface area contributed by atoms with Crippen LogP contribution in [-0.4, -0.2) is 18.3 Å². The molecule has 112 valence electrons. The number of carbonyl (C=O) groups is 1. The van der Waals surface area contributed by atoms with Crippen LogP contribution >= 0.6 is 0 Å². The lowest BCUT2D eigenvalue weighted by atomic mass is 9.87. The first-order valence-corrected chi connectivity index (χ1v) is 7.86. The molecule has 4 heteroatoms. The molecule has 3 rings (SSSR count). The topological polar surface area (TPSA) is 64.7 Å². The van der Waals surface area contributed by atoms with Crippen molar-refractivity contribution in [2.75, 3.05) is 6.61 Å². The fourth-order valence-corrected chi connectivity index (χ4v) is 3.34. The molecule has 0 radical (unpaired) electrons. The van der Waals surface area contributed by atoms with Gasteiger partial charge in [-0.2, -0.15) is 4.99 Å². The third kappa shape index (κ3) is 3.26. The summed E-state index contributed by atoms with van der Waals surface area (Å²) >= 11 is 0. The number of aliphatic imine (C=N–C) groups is 1. The molecule has 0 bridgehead atoms. The summed E-state index contributed by atoms with van der Waals surface area (Å²) in [6.07, 6.45) is 8.16. The first-order chi connectivity index (χ1) is 10.2. The van der Waals surface area contributed by atoms with Gasteiger partial charge in [0.2, 0.25) is 0 Å². The highest BCUT2D eigenvalue weighted by Crippen LogP contribution is 2.28. The van der Waals surface area contributed by atoms with E-state index in [0.29, 0.717) is 13.0 Å². The van der Waals surface area contributed by atoms with Crippen molar-refractivity contribution in [3.63, 3.8) is 0 Å². The minimum Gasteiger partial charge on any atom is -0.493 e. The summed E-state index contributed by atoms with van der Waals surface area (Å²) in [5, 5.41) is 0. The highest BCUT2D eigenvalue weighted by Gasteiger charge is 2.21. The molecule has 2 N–H and O–H groups in total. The summed E-state index contributed by atoms with van der Waals surface area (Å²) < 4.78 is 5.94. The molecular weight excluding hydrogens is 264 g/mol. The number of fused-ring (bicyclic) bond motifs is 1. The molecule has 1 saturated carbocycles. The maximum absolute atomic E-state index is 11.5. The molecule has 1 aromatic carbocycles. The average molecular weight is 286 g/mol. The Morgan fingerprint density at radius 3 is 2.86 bits per heavy atom. The fraction of sp³-hybridized carbons (Fsp3) is 0.529. The molecule has 1 fully saturated rings. The Hall–Kier alpha value is -1.84. The van der Waals surface area contributed by atoms with Gasteiger partial charge in [-0.15, -0.1) is 0 Å². The highest BCUT2D eigenvalue weighted by molar-refractivity contribution is 6.10. The number of ether oxygens (including phenoxy) is 1. The Morgan fingerprint density at radius 2 is 2.05 bits per heavy atom. The molecule has 0 saturated heterocycles. The Kier molecular flexibility index (Phi) is 4.23. The van der Waals surface area contributed by atoms with E-state index in [9.17, 15) is 4.79 Å². The van der Waals surface area contributed by atoms with Crippen LogP contribution in [0.15, 0.2) is 23.2 Å². The van der Waals surface area contributed by atoms with E-state index in [-0.39, 0.29) is 11.7 Å². The van der Waals surface area contributed by atoms with Gasteiger partial charge in [-0.3, -0.25) is 4.79 Å². The van der Waals surface area contributed by atoms with Crippen LogP contribution in [0, 0.1) is 5.92 Å². The van der Waals surface area contributed by atoms with Crippen LogP contribution in [0.4, 0.5) is 0 Å². The summed E-state index contributed by atoms with van der Waals surface area (Å²) in [7, 11) is 0. The van der Waals surface area contributed by atoms with E-state index in [4.69, 9.17) is 10.5 Å². The summed E-state index contributed by atoms with van der Waals surface area (Å²) in [4.78, 5) is 15.3. The minimum absolute atomic E-state index is 0.181. The van der Waals surface area contributed by atoms with Crippen molar-refractivity contribution in [3.8, 4) is 5.75 Å². The predicted octanol–water partition coefficient (Wildman–Crippen LogP) is 2.82. The molecule has 1 heterocycles. The van der Waals surface area contributed by atoms with Crippen molar-refractivity contribution >= 4 is 11.7 Å². The maximum Gasteiger partial charge on any atom is 0.252 e. The second kappa shape index (κ2) is 6.29. The number of nitrogens with two attached hydrogens (primary N) is 1. The zero-order valence-electron chi connectivity index (χ0n) is 12.3. The number of hydrogen-bond acceptors (Lipinski definition) is 3. The van der Waals surface area contributed by atoms with Crippen molar-refractivity contribution in [2.45, 2.75) is 44.9 Å². The molecule has 0 spiro atoms. The number of carbonyl (C=O) groups excluding carboxylic acids is 1. The van der Waals surface area contributed by atoms with Crippen molar-refractivity contribution < 1.29 is 9.53 Å². The standard InChI is InChI=1S/C17H22N2O2/c18-17-16-13(11-15(20)19-17)7-4-8-14(16)21-10-9-12-5-2-1-3-6-12/h4,7-8,12H,1-3,5-6,9-11H2,(H2,18,19,20). The summed E-state index contributed by atoms with van der Waals surface area (Å²) in [6.45, 7) is 0.711. The van der Waals surface area contributed by atoms with Gasteiger partial charge in [-0.1, -0.05) is 44.2 Å². The highest BCUT2D eigenvalue weighted by atomic mass is 16.5. The van der Waals surface area contributed by atoms with Crippen LogP contribution < -0.4 is 10.5 Å². The van der Waals surface area contributed by atoms with Gasteiger partial charge in [-0.25, -0.2) is 0 Å². The lowest BCUT2D eigenvalue weighted by Gasteiger charge is -2.22. The van der Waals surface area contributed by atoms with Crippen molar-refractivity contribution in [1.29, 1.82) is 0 Å². The van der Waals surface area contributed by atoms with E-state index in [1.165, 1.54) is 32.1 Å². The zero-order valence-corrected chi connectivity index (χ0v) is 12.3. The van der Waals surface area contributed by atoms with Gasteiger partial charge < -0.3 is 10.5 Å². The first kappa shape index (κ1) is 14.1. The van der Waals surface area contributed by atoms with Crippen molar-refractivity contribution in [2.24, 2.45) is 16.6 Å². The molecule has 1 aliphatic carbocycles. The number of amides is 1. The van der Waals surface area contributed by atoms with Gasteiger partial charge in [0, 0.05) is 0 Å². The number of rotatable bonds is 4. The number of amidine groups is 1. The smallest absolute Gasteiger partial charge is 0.252 e. The van der Waals surface area contributed by atoms with Gasteiger partial charge >= 0.3 is 0 Å². The van der Waals surface area contributed by atoms with Gasteiger partial charge in [0.15, 0.2) is 0 Å². The number of benzene rings is 1. The number of hydrogen-bond donors (Lipinski definition) is 1. The molecule has 0 unspecified atom stereocenters. The van der Waals surface area contributed by atoms with E-state index < -0.39 is 0 Å². The quantitative estimate of drug-likeness (QED) is 0.925. The summed E-state index contributed by atoms with van der Waals surface area (Å²) in [5.74, 6) is 1.66. The van der Waals surface area contributed by atoms with Gasteiger partial charge in [0.05, 0.1) is 18.6 Å². The van der Waals surface area contributed by atoms with Gasteiger partial charge in [0.1, 0.15) is 11.6 Å². The van der Waals surface area contributed by atoms with E-state index in [0.717, 1.165) is 29.2 Å². The van der Waals surface area contributed by atoms with Crippen LogP contribution in [-0.2, 0) is 11.2 Å². The van der Waals surface area contributed by atoms with Crippen molar-refractivity contribution in [3.05, 3.63) is 29.3 Å². The molecule has 21 heavy (non-hydrogen) atoms. The Labute approximate surface area is 125 Å².